The molecule has 0 bridgehead atoms. The quantitative estimate of drug-likeness (QED) is 0.0690. The van der Waals surface area contributed by atoms with Gasteiger partial charge in [0.2, 0.25) is 0 Å². The third-order valence-electron chi connectivity index (χ3n) is 9.73. The second-order valence-corrected chi connectivity index (χ2v) is 15.9. The van der Waals surface area contributed by atoms with Crippen LogP contribution in [0.5, 0.6) is 0 Å². The first kappa shape index (κ1) is 35.1. The molecule has 222 valence electrons. The topological polar surface area (TPSA) is 27.7 Å². The van der Waals surface area contributed by atoms with Gasteiger partial charge in [-0.05, 0) is 44.4 Å². The fraction of sp³-hybridized carbons (Fsp3) is 1.00. The van der Waals surface area contributed by atoms with Crippen molar-refractivity contribution in [1.29, 1.82) is 0 Å². The first-order valence-electron chi connectivity index (χ1n) is 16.3. The average Bonchev–Trinajstić information content (AvgIpc) is 2.90. The lowest BCUT2D eigenvalue weighted by atomic mass is 9.84. The minimum atomic E-state index is -2.52. The van der Waals surface area contributed by atoms with Crippen molar-refractivity contribution in [3.63, 3.8) is 0 Å². The maximum atomic E-state index is 5.78. The van der Waals surface area contributed by atoms with Crippen LogP contribution in [0.4, 0.5) is 0 Å². The average molecular weight is 543 g/mol. The Kier molecular flexibility index (Phi) is 19.8. The predicted octanol–water partition coefficient (Wildman–Crippen LogP) is 9.54. The van der Waals surface area contributed by atoms with E-state index in [1.165, 1.54) is 128 Å². The molecule has 0 saturated heterocycles. The van der Waals surface area contributed by atoms with E-state index in [0.29, 0.717) is 6.04 Å². The van der Waals surface area contributed by atoms with Gasteiger partial charge < -0.3 is 17.8 Å². The number of quaternary nitrogens is 1. The first-order valence-corrected chi connectivity index (χ1v) is 18.3. The molecule has 0 aromatic heterocycles. The summed E-state index contributed by atoms with van der Waals surface area (Å²) in [6, 6.07) is 2.37. The highest BCUT2D eigenvalue weighted by molar-refractivity contribution is 6.60. The smallest absolute Gasteiger partial charge is 0.377 e. The highest BCUT2D eigenvalue weighted by Crippen LogP contribution is 2.34. The second kappa shape index (κ2) is 20.9. The third-order valence-corrected chi connectivity index (χ3v) is 12.5. The van der Waals surface area contributed by atoms with E-state index < -0.39 is 8.80 Å². The van der Waals surface area contributed by atoms with Crippen LogP contribution in [0.2, 0.25) is 6.04 Å². The zero-order valence-corrected chi connectivity index (χ0v) is 27.5. The molecule has 1 unspecified atom stereocenters. The summed E-state index contributed by atoms with van der Waals surface area (Å²) in [7, 11) is 7.76. The molecular formula is C32H68NO3Si+. The molecule has 0 aromatic carbocycles. The van der Waals surface area contributed by atoms with E-state index >= 15 is 0 Å². The largest absolute Gasteiger partial charge is 0.500 e. The van der Waals surface area contributed by atoms with E-state index in [-0.39, 0.29) is 0 Å². The Hall–Kier alpha value is 0.0569. The first-order chi connectivity index (χ1) is 17.8. The highest BCUT2D eigenvalue weighted by Gasteiger charge is 2.43. The molecule has 1 saturated carbocycles. The molecule has 1 aliphatic rings. The van der Waals surface area contributed by atoms with Crippen molar-refractivity contribution in [2.24, 2.45) is 5.92 Å². The molecule has 0 heterocycles. The fourth-order valence-corrected chi connectivity index (χ4v) is 8.47. The Morgan fingerprint density at radius 1 is 0.622 bits per heavy atom. The van der Waals surface area contributed by atoms with Crippen molar-refractivity contribution in [1.82, 2.24) is 0 Å². The summed E-state index contributed by atoms with van der Waals surface area (Å²) >= 11 is 0. The van der Waals surface area contributed by atoms with Crippen molar-refractivity contribution in [2.75, 3.05) is 35.4 Å². The van der Waals surface area contributed by atoms with Gasteiger partial charge in [-0.1, -0.05) is 104 Å². The van der Waals surface area contributed by atoms with Crippen molar-refractivity contribution >= 4 is 8.80 Å². The van der Waals surface area contributed by atoms with Crippen LogP contribution in [0.25, 0.3) is 0 Å². The van der Waals surface area contributed by atoms with Crippen molar-refractivity contribution in [3.8, 4) is 0 Å². The van der Waals surface area contributed by atoms with Gasteiger partial charge in [0.25, 0.3) is 0 Å². The fourth-order valence-electron chi connectivity index (χ4n) is 6.67. The van der Waals surface area contributed by atoms with Crippen LogP contribution in [0.1, 0.15) is 149 Å². The summed E-state index contributed by atoms with van der Waals surface area (Å²) in [6.07, 6.45) is 29.4. The lowest BCUT2D eigenvalue weighted by molar-refractivity contribution is -0.940. The number of unbranched alkanes of at least 4 members (excludes halogenated alkanes) is 14. The highest BCUT2D eigenvalue weighted by atomic mass is 28.4. The third kappa shape index (κ3) is 14.3. The molecule has 1 atom stereocenters. The van der Waals surface area contributed by atoms with E-state index in [0.717, 1.165) is 28.9 Å². The molecule has 0 aromatic rings. The number of rotatable bonds is 24. The molecule has 0 radical (unpaired) electrons. The molecular weight excluding hydrogens is 474 g/mol. The van der Waals surface area contributed by atoms with E-state index in [1.54, 1.807) is 21.3 Å². The zero-order chi connectivity index (χ0) is 27.4. The van der Waals surface area contributed by atoms with Gasteiger partial charge in [0.15, 0.2) is 0 Å². The van der Waals surface area contributed by atoms with Gasteiger partial charge in [-0.2, -0.15) is 0 Å². The van der Waals surface area contributed by atoms with E-state index in [2.05, 4.69) is 27.9 Å². The molecule has 37 heavy (non-hydrogen) atoms. The van der Waals surface area contributed by atoms with Crippen LogP contribution in [-0.4, -0.2) is 60.8 Å². The lowest BCUT2D eigenvalue weighted by Crippen LogP contribution is -2.57. The van der Waals surface area contributed by atoms with Gasteiger partial charge in [0.05, 0.1) is 26.2 Å². The second-order valence-electron chi connectivity index (χ2n) is 12.8. The SMILES string of the molecule is CCCCCCCCCCCCCCCCCC(CC[Si](OC)(OC)OC)[N+](C)(C)C1CCC(C)CC1. The Balaban J connectivity index is 2.33. The molecule has 1 aliphatic carbocycles. The van der Waals surface area contributed by atoms with Gasteiger partial charge in [0, 0.05) is 33.8 Å². The predicted molar refractivity (Wildman–Crippen MR) is 163 cm³/mol. The monoisotopic (exact) mass is 542 g/mol. The summed E-state index contributed by atoms with van der Waals surface area (Å²) in [5.41, 5.74) is 0. The molecule has 0 amide bonds. The number of hydrogen-bond acceptors (Lipinski definition) is 3. The molecule has 4 nitrogen and oxygen atoms in total. The molecule has 0 N–H and O–H groups in total. The van der Waals surface area contributed by atoms with E-state index in [4.69, 9.17) is 13.3 Å². The van der Waals surface area contributed by atoms with Crippen LogP contribution in [0.3, 0.4) is 0 Å². The van der Waals surface area contributed by atoms with Crippen molar-refractivity contribution in [2.45, 2.75) is 167 Å². The molecule has 1 fully saturated rings. The Morgan fingerprint density at radius 3 is 1.43 bits per heavy atom. The summed E-state index contributed by atoms with van der Waals surface area (Å²) in [5, 5.41) is 0. The number of hydrogen-bond donors (Lipinski definition) is 0. The van der Waals surface area contributed by atoms with E-state index in [9.17, 15) is 0 Å². The standard InChI is InChI=1S/C32H68NO3Si/c1-8-9-10-11-12-13-14-15-16-17-18-19-20-21-22-23-31(28-29-37(34-5,35-6)36-7)33(3,4)32-26-24-30(2)25-27-32/h30-32H,8-29H2,1-7H3/q+1. The van der Waals surface area contributed by atoms with Crippen LogP contribution in [0.15, 0.2) is 0 Å². The minimum absolute atomic E-state index is 0.660. The van der Waals surface area contributed by atoms with E-state index in [1.807, 2.05) is 0 Å². The van der Waals surface area contributed by atoms with Gasteiger partial charge in [0.1, 0.15) is 0 Å². The van der Waals surface area contributed by atoms with Gasteiger partial charge in [-0.25, -0.2) is 0 Å². The Labute approximate surface area is 234 Å². The maximum Gasteiger partial charge on any atom is 0.500 e. The van der Waals surface area contributed by atoms with Crippen molar-refractivity contribution in [3.05, 3.63) is 0 Å². The minimum Gasteiger partial charge on any atom is -0.377 e. The zero-order valence-electron chi connectivity index (χ0n) is 26.5. The Morgan fingerprint density at radius 2 is 1.03 bits per heavy atom. The van der Waals surface area contributed by atoms with Gasteiger partial charge in [-0.15, -0.1) is 0 Å². The molecule has 0 spiro atoms. The summed E-state index contributed by atoms with van der Waals surface area (Å²) in [5.74, 6) is 0.904. The van der Waals surface area contributed by atoms with Crippen LogP contribution >= 0.6 is 0 Å². The molecule has 0 aliphatic heterocycles. The molecule has 1 rings (SSSR count). The van der Waals surface area contributed by atoms with Gasteiger partial charge in [-0.3, -0.25) is 0 Å². The van der Waals surface area contributed by atoms with Crippen LogP contribution in [-0.2, 0) is 13.3 Å². The molecule has 5 heteroatoms. The van der Waals surface area contributed by atoms with Crippen LogP contribution < -0.4 is 0 Å². The maximum absolute atomic E-state index is 5.78. The van der Waals surface area contributed by atoms with Crippen LogP contribution in [0, 0.1) is 5.92 Å². The summed E-state index contributed by atoms with van der Waals surface area (Å²) in [6.45, 7) is 4.73. The summed E-state index contributed by atoms with van der Waals surface area (Å²) in [4.78, 5) is 0. The van der Waals surface area contributed by atoms with Gasteiger partial charge >= 0.3 is 8.80 Å². The Bertz CT molecular complexity index is 510. The normalized spacial score (nSPS) is 19.9. The number of nitrogens with zero attached hydrogens (tertiary/aromatic N) is 1. The lowest BCUT2D eigenvalue weighted by Gasteiger charge is -2.47. The van der Waals surface area contributed by atoms with Crippen molar-refractivity contribution < 1.29 is 17.8 Å². The summed E-state index contributed by atoms with van der Waals surface area (Å²) < 4.78 is 18.5.